The molecule has 4 rings (SSSR count). The van der Waals surface area contributed by atoms with Crippen molar-refractivity contribution < 1.29 is 22.5 Å². The van der Waals surface area contributed by atoms with Gasteiger partial charge in [-0.05, 0) is 29.5 Å². The average molecular weight is 429 g/mol. The Kier molecular flexibility index (Phi) is 5.40. The van der Waals surface area contributed by atoms with Crippen molar-refractivity contribution in [1.82, 2.24) is 10.1 Å². The van der Waals surface area contributed by atoms with E-state index in [1.54, 1.807) is 42.5 Å². The fourth-order valence-electron chi connectivity index (χ4n) is 3.50. The molecule has 156 valence electrons. The molecule has 0 radical (unpaired) electrons. The summed E-state index contributed by atoms with van der Waals surface area (Å²) in [6.07, 6.45) is 0.862. The molecule has 0 amide bonds. The number of benzene rings is 2. The largest absolute Gasteiger partial charge is 0.448 e. The lowest BCUT2D eigenvalue weighted by Gasteiger charge is -2.34. The van der Waals surface area contributed by atoms with E-state index in [0.29, 0.717) is 29.9 Å². The molecule has 0 spiro atoms. The van der Waals surface area contributed by atoms with Crippen LogP contribution >= 0.6 is 0 Å². The summed E-state index contributed by atoms with van der Waals surface area (Å²) < 4.78 is 36.7. The predicted molar refractivity (Wildman–Crippen MR) is 107 cm³/mol. The zero-order chi connectivity index (χ0) is 21.1. The molecule has 0 unspecified atom stereocenters. The van der Waals surface area contributed by atoms with Crippen molar-refractivity contribution in [1.29, 1.82) is 0 Å². The highest BCUT2D eigenvalue weighted by Crippen LogP contribution is 2.33. The van der Waals surface area contributed by atoms with E-state index in [4.69, 9.17) is 4.74 Å². The van der Waals surface area contributed by atoms with Gasteiger partial charge < -0.3 is 4.74 Å². The van der Waals surface area contributed by atoms with Crippen LogP contribution in [0.15, 0.2) is 63.9 Å². The maximum Gasteiger partial charge on any atom is 0.445 e. The van der Waals surface area contributed by atoms with Crippen molar-refractivity contribution in [2.75, 3.05) is 10.8 Å². The van der Waals surface area contributed by atoms with Gasteiger partial charge in [-0.1, -0.05) is 53.7 Å². The summed E-state index contributed by atoms with van der Waals surface area (Å²) in [6, 6.07) is 15.8. The molecule has 10 heteroatoms. The Morgan fingerprint density at radius 1 is 1.17 bits per heavy atom. The number of aromatic amines is 1. The third-order valence-corrected chi connectivity index (χ3v) is 6.33. The molecule has 0 saturated heterocycles. The van der Waals surface area contributed by atoms with Crippen molar-refractivity contribution >= 4 is 21.0 Å². The number of hydrogen-bond acceptors (Lipinski definition) is 7. The van der Waals surface area contributed by atoms with E-state index in [1.165, 1.54) is 0 Å². The summed E-state index contributed by atoms with van der Waals surface area (Å²) in [4.78, 5) is 26.1. The lowest BCUT2D eigenvalue weighted by atomic mass is 9.91. The van der Waals surface area contributed by atoms with Gasteiger partial charge in [0.2, 0.25) is 0 Å². The number of carbonyl (C=O) groups is 1. The highest BCUT2D eigenvalue weighted by Gasteiger charge is 2.38. The lowest BCUT2D eigenvalue weighted by Crippen LogP contribution is -2.44. The van der Waals surface area contributed by atoms with Crippen LogP contribution in [0.5, 0.6) is 0 Å². The predicted octanol–water partition coefficient (Wildman–Crippen LogP) is 2.25. The first-order valence-corrected chi connectivity index (χ1v) is 10.7. The van der Waals surface area contributed by atoms with Crippen molar-refractivity contribution in [2.45, 2.75) is 19.4 Å². The van der Waals surface area contributed by atoms with Crippen LogP contribution in [0.2, 0.25) is 0 Å². The smallest absolute Gasteiger partial charge is 0.445 e. The molecule has 2 heterocycles. The fourth-order valence-corrected chi connectivity index (χ4v) is 4.73. The Labute approximate surface area is 172 Å². The normalized spacial score (nSPS) is 16.1. The number of rotatable bonds is 5. The van der Waals surface area contributed by atoms with Gasteiger partial charge in [0.15, 0.2) is 5.82 Å². The molecule has 0 fully saturated rings. The third-order valence-electron chi connectivity index (χ3n) is 4.86. The molecular weight excluding hydrogens is 410 g/mol. The van der Waals surface area contributed by atoms with Crippen LogP contribution < -0.4 is 10.1 Å². The highest BCUT2D eigenvalue weighted by molar-refractivity contribution is 8.06. The van der Waals surface area contributed by atoms with Crippen molar-refractivity contribution in [3.8, 4) is 0 Å². The van der Waals surface area contributed by atoms with Gasteiger partial charge in [0, 0.05) is 13.0 Å². The quantitative estimate of drug-likeness (QED) is 0.617. The summed E-state index contributed by atoms with van der Waals surface area (Å²) in [6.45, 7) is -0.0906. The number of para-hydroxylation sites is 1. The first-order valence-electron chi connectivity index (χ1n) is 9.29. The molecule has 1 atom stereocenters. The van der Waals surface area contributed by atoms with E-state index >= 15 is 0 Å². The summed E-state index contributed by atoms with van der Waals surface area (Å²) in [5.74, 6) is -0.555. The van der Waals surface area contributed by atoms with Crippen LogP contribution in [0.4, 0.5) is 10.5 Å². The van der Waals surface area contributed by atoms with E-state index in [1.807, 2.05) is 12.1 Å². The number of nitrogens with zero attached hydrogens (tertiary/aromatic N) is 2. The number of aromatic nitrogens is 2. The van der Waals surface area contributed by atoms with E-state index in [-0.39, 0.29) is 19.1 Å². The highest BCUT2D eigenvalue weighted by atomic mass is 32.2. The molecule has 1 aliphatic heterocycles. The topological polar surface area (TPSA) is 123 Å². The van der Waals surface area contributed by atoms with Crippen LogP contribution in [0.25, 0.3) is 0 Å². The van der Waals surface area contributed by atoms with Crippen LogP contribution in [0, 0.1) is 5.92 Å². The number of fused-ring (bicyclic) bond motifs is 1. The van der Waals surface area contributed by atoms with Gasteiger partial charge >= 0.3 is 21.1 Å². The number of hydrogen-bond donors (Lipinski definition) is 1. The third kappa shape index (κ3) is 4.13. The van der Waals surface area contributed by atoms with Crippen molar-refractivity contribution in [3.05, 3.63) is 82.1 Å². The Morgan fingerprint density at radius 2 is 1.90 bits per heavy atom. The average Bonchev–Trinajstić information content (AvgIpc) is 3.16. The molecule has 1 aromatic heterocycles. The minimum absolute atomic E-state index is 0.0503. The van der Waals surface area contributed by atoms with E-state index in [0.717, 1.165) is 9.87 Å². The number of carbonyl (C=O) groups excluding carboxylic acids is 1. The standard InChI is InChI=1S/C20H19N3O6S/c24-19-21-18(22-29-19)11-15-10-16-8-4-5-9-17(16)23(12-15)30(26,27)20(25)28-13-14-6-2-1-3-7-14/h1-9,15H,10-13H2,(H,21,22,24)/t15-/m0/s1. The van der Waals surface area contributed by atoms with Gasteiger partial charge in [0.1, 0.15) is 6.61 Å². The number of nitrogens with one attached hydrogen (secondary N) is 1. The van der Waals surface area contributed by atoms with Crippen LogP contribution in [0.3, 0.4) is 0 Å². The number of sulfonamides is 1. The van der Waals surface area contributed by atoms with Gasteiger partial charge in [0.05, 0.1) is 5.69 Å². The molecule has 0 aliphatic carbocycles. The second kappa shape index (κ2) is 8.15. The Bertz CT molecular complexity index is 1200. The molecule has 2 aromatic carbocycles. The van der Waals surface area contributed by atoms with E-state index < -0.39 is 21.1 Å². The zero-order valence-electron chi connectivity index (χ0n) is 15.9. The maximum absolute atomic E-state index is 13.0. The van der Waals surface area contributed by atoms with Gasteiger partial charge in [-0.25, -0.2) is 9.59 Å². The minimum atomic E-state index is -4.41. The van der Waals surface area contributed by atoms with E-state index in [2.05, 4.69) is 14.7 Å². The van der Waals surface area contributed by atoms with Crippen LogP contribution in [0.1, 0.15) is 17.0 Å². The number of H-pyrrole nitrogens is 1. The summed E-state index contributed by atoms with van der Waals surface area (Å²) >= 11 is 0. The van der Waals surface area contributed by atoms with Gasteiger partial charge in [0.25, 0.3) is 0 Å². The molecule has 0 saturated carbocycles. The Morgan fingerprint density at radius 3 is 2.63 bits per heavy atom. The molecule has 30 heavy (non-hydrogen) atoms. The molecule has 9 nitrogen and oxygen atoms in total. The summed E-state index contributed by atoms with van der Waals surface area (Å²) in [5, 5.41) is 2.34. The number of ether oxygens (including phenoxy) is 1. The van der Waals surface area contributed by atoms with Crippen LogP contribution in [-0.4, -0.2) is 30.4 Å². The minimum Gasteiger partial charge on any atom is -0.448 e. The summed E-state index contributed by atoms with van der Waals surface area (Å²) in [7, 11) is -4.41. The Hall–Kier alpha value is -3.40. The molecule has 0 bridgehead atoms. The Balaban J connectivity index is 1.56. The molecular formula is C20H19N3O6S. The van der Waals surface area contributed by atoms with Crippen molar-refractivity contribution in [2.24, 2.45) is 5.92 Å². The summed E-state index contributed by atoms with van der Waals surface area (Å²) in [5.41, 5.74) is 1.91. The van der Waals surface area contributed by atoms with Gasteiger partial charge in [-0.2, -0.15) is 8.42 Å². The maximum atomic E-state index is 13.0. The second-order valence-electron chi connectivity index (χ2n) is 7.01. The first-order chi connectivity index (χ1) is 14.4. The van der Waals surface area contributed by atoms with E-state index in [9.17, 15) is 18.0 Å². The molecule has 3 aromatic rings. The lowest BCUT2D eigenvalue weighted by molar-refractivity contribution is 0.165. The SMILES string of the molecule is O=C(OCc1ccccc1)S(=O)(=O)N1C[C@H](Cc2noc(=O)[nH]2)Cc2ccccc21. The molecule has 1 N–H and O–H groups in total. The van der Waals surface area contributed by atoms with Gasteiger partial charge in [-0.3, -0.25) is 13.8 Å². The fraction of sp³-hybridized carbons (Fsp3) is 0.250. The second-order valence-corrected chi connectivity index (χ2v) is 8.73. The van der Waals surface area contributed by atoms with Crippen LogP contribution in [-0.2, 0) is 34.2 Å². The molecule has 1 aliphatic rings. The number of anilines is 1. The monoisotopic (exact) mass is 429 g/mol. The van der Waals surface area contributed by atoms with Gasteiger partial charge in [-0.15, -0.1) is 0 Å². The van der Waals surface area contributed by atoms with Crippen molar-refractivity contribution in [3.63, 3.8) is 0 Å². The zero-order valence-corrected chi connectivity index (χ0v) is 16.7. The first kappa shape index (κ1) is 19.9.